The Morgan fingerprint density at radius 1 is 1.12 bits per heavy atom. The highest BCUT2D eigenvalue weighted by molar-refractivity contribution is 7.90. The smallest absolute Gasteiger partial charge is 0.338 e. The van der Waals surface area contributed by atoms with E-state index in [1.54, 1.807) is 0 Å². The number of benzene rings is 2. The minimum absolute atomic E-state index is 0.123. The van der Waals surface area contributed by atoms with Crippen molar-refractivity contribution in [3.05, 3.63) is 69.5 Å². The molecule has 26 heavy (non-hydrogen) atoms. The van der Waals surface area contributed by atoms with Crippen molar-refractivity contribution < 1.29 is 32.1 Å². The first-order valence-corrected chi connectivity index (χ1v) is 8.93. The number of esters is 1. The van der Waals surface area contributed by atoms with Crippen LogP contribution in [0.3, 0.4) is 0 Å². The maximum atomic E-state index is 12.8. The van der Waals surface area contributed by atoms with Crippen LogP contribution in [0.1, 0.15) is 20.7 Å². The molecule has 0 aliphatic heterocycles. The number of sulfone groups is 1. The number of hydrogen-bond acceptors (Lipinski definition) is 7. The molecule has 8 nitrogen and oxygen atoms in total. The van der Waals surface area contributed by atoms with E-state index in [9.17, 15) is 32.5 Å². The van der Waals surface area contributed by atoms with Crippen LogP contribution in [0.5, 0.6) is 0 Å². The van der Waals surface area contributed by atoms with Gasteiger partial charge in [-0.3, -0.25) is 14.9 Å². The molecule has 0 heterocycles. The molecule has 0 aliphatic carbocycles. The van der Waals surface area contributed by atoms with Gasteiger partial charge in [-0.15, -0.1) is 0 Å². The van der Waals surface area contributed by atoms with Crippen molar-refractivity contribution in [3.8, 4) is 0 Å². The number of nitro benzene ring substituents is 1. The number of nitro groups is 1. The van der Waals surface area contributed by atoms with Gasteiger partial charge in [0.05, 0.1) is 10.5 Å². The average Bonchev–Trinajstić information content (AvgIpc) is 2.58. The molecule has 0 spiro atoms. The molecule has 0 radical (unpaired) electrons. The Bertz CT molecular complexity index is 984. The SMILES string of the molecule is CS(=O)(=O)c1ccc(C(=O)OCC(=O)c2ccc(F)cc2)cc1[N+](=O)[O-]. The molecule has 0 aliphatic rings. The van der Waals surface area contributed by atoms with Crippen molar-refractivity contribution in [2.75, 3.05) is 12.9 Å². The first kappa shape index (κ1) is 19.2. The van der Waals surface area contributed by atoms with Gasteiger partial charge in [0.1, 0.15) is 10.7 Å². The fourth-order valence-corrected chi connectivity index (χ4v) is 2.86. The summed E-state index contributed by atoms with van der Waals surface area (Å²) >= 11 is 0. The number of carbonyl (C=O) groups excluding carboxylic acids is 2. The Labute approximate surface area is 147 Å². The lowest BCUT2D eigenvalue weighted by atomic mass is 10.1. The van der Waals surface area contributed by atoms with Gasteiger partial charge in [0.2, 0.25) is 0 Å². The van der Waals surface area contributed by atoms with Gasteiger partial charge in [0.15, 0.2) is 22.2 Å². The van der Waals surface area contributed by atoms with Crippen LogP contribution >= 0.6 is 0 Å². The number of carbonyl (C=O) groups is 2. The number of ketones is 1. The molecule has 0 saturated heterocycles. The summed E-state index contributed by atoms with van der Waals surface area (Å²) in [6, 6.07) is 7.32. The zero-order valence-electron chi connectivity index (χ0n) is 13.3. The second kappa shape index (κ2) is 7.40. The highest BCUT2D eigenvalue weighted by Crippen LogP contribution is 2.25. The normalized spacial score (nSPS) is 11.0. The summed E-state index contributed by atoms with van der Waals surface area (Å²) in [6.45, 7) is -0.661. The second-order valence-corrected chi connectivity index (χ2v) is 7.20. The van der Waals surface area contributed by atoms with Gasteiger partial charge < -0.3 is 4.74 Å². The summed E-state index contributed by atoms with van der Waals surface area (Å²) in [4.78, 5) is 33.4. The summed E-state index contributed by atoms with van der Waals surface area (Å²) in [5.74, 6) is -2.17. The lowest BCUT2D eigenvalue weighted by Gasteiger charge is -2.06. The molecular weight excluding hydrogens is 369 g/mol. The Hall–Kier alpha value is -3.14. The number of halogens is 1. The van der Waals surface area contributed by atoms with E-state index in [2.05, 4.69) is 0 Å². The molecule has 0 fully saturated rings. The molecule has 0 bridgehead atoms. The molecule has 0 atom stereocenters. The summed E-state index contributed by atoms with van der Waals surface area (Å²) in [7, 11) is -3.86. The number of rotatable bonds is 6. The molecule has 10 heteroatoms. The Kier molecular flexibility index (Phi) is 5.46. The largest absolute Gasteiger partial charge is 0.454 e. The molecule has 2 aromatic rings. The highest BCUT2D eigenvalue weighted by atomic mass is 32.2. The Morgan fingerprint density at radius 2 is 1.69 bits per heavy atom. The number of nitrogens with zero attached hydrogens (tertiary/aromatic N) is 1. The summed E-state index contributed by atoms with van der Waals surface area (Å²) in [5.41, 5.74) is -0.930. The topological polar surface area (TPSA) is 121 Å². The van der Waals surface area contributed by atoms with E-state index >= 15 is 0 Å². The molecule has 0 saturated carbocycles. The predicted molar refractivity (Wildman–Crippen MR) is 87.2 cm³/mol. The Morgan fingerprint density at radius 3 is 2.23 bits per heavy atom. The number of hydrogen-bond donors (Lipinski definition) is 0. The van der Waals surface area contributed by atoms with Gasteiger partial charge in [-0.25, -0.2) is 17.6 Å². The molecule has 0 amide bonds. The van der Waals surface area contributed by atoms with Gasteiger partial charge >= 0.3 is 5.97 Å². The van der Waals surface area contributed by atoms with E-state index in [0.29, 0.717) is 0 Å². The van der Waals surface area contributed by atoms with Gasteiger partial charge in [0, 0.05) is 17.9 Å². The van der Waals surface area contributed by atoms with E-state index in [0.717, 1.165) is 36.6 Å². The molecule has 2 rings (SSSR count). The predicted octanol–water partition coefficient (Wildman–Crippen LogP) is 2.18. The van der Waals surface area contributed by atoms with Crippen LogP contribution in [0.4, 0.5) is 10.1 Å². The van der Waals surface area contributed by atoms with Gasteiger partial charge in [-0.05, 0) is 36.4 Å². The zero-order valence-corrected chi connectivity index (χ0v) is 14.2. The number of Topliss-reactive ketones (excluding diaryl/α,β-unsaturated/α-hetero) is 1. The van der Waals surface area contributed by atoms with Crippen molar-refractivity contribution in [2.45, 2.75) is 4.90 Å². The molecule has 0 N–H and O–H groups in total. The monoisotopic (exact) mass is 381 g/mol. The minimum atomic E-state index is -3.86. The quantitative estimate of drug-likeness (QED) is 0.325. The third-order valence-corrected chi connectivity index (χ3v) is 4.44. The van der Waals surface area contributed by atoms with Gasteiger partial charge in [-0.2, -0.15) is 0 Å². The van der Waals surface area contributed by atoms with E-state index in [4.69, 9.17) is 4.74 Å². The molecule has 2 aromatic carbocycles. The van der Waals surface area contributed by atoms with Crippen molar-refractivity contribution in [1.82, 2.24) is 0 Å². The fourth-order valence-electron chi connectivity index (χ4n) is 2.03. The lowest BCUT2D eigenvalue weighted by molar-refractivity contribution is -0.387. The Balaban J connectivity index is 2.17. The number of ether oxygens (including phenoxy) is 1. The van der Waals surface area contributed by atoms with Crippen LogP contribution in [0.25, 0.3) is 0 Å². The van der Waals surface area contributed by atoms with Gasteiger partial charge in [0.25, 0.3) is 5.69 Å². The molecule has 136 valence electrons. The summed E-state index contributed by atoms with van der Waals surface area (Å²) in [6.07, 6.45) is 0.800. The van der Waals surface area contributed by atoms with Crippen molar-refractivity contribution >= 4 is 27.3 Å². The standard InChI is InChI=1S/C16H12FNO7S/c1-26(23,24)15-7-4-11(8-13(15)18(21)22)16(20)25-9-14(19)10-2-5-12(17)6-3-10/h2-8H,9H2,1H3. The van der Waals surface area contributed by atoms with Gasteiger partial charge in [-0.1, -0.05) is 0 Å². The third kappa shape index (κ3) is 4.48. The average molecular weight is 381 g/mol. The van der Waals surface area contributed by atoms with Crippen molar-refractivity contribution in [1.29, 1.82) is 0 Å². The molecule has 0 unspecified atom stereocenters. The highest BCUT2D eigenvalue weighted by Gasteiger charge is 2.24. The van der Waals surface area contributed by atoms with Crippen LogP contribution < -0.4 is 0 Å². The maximum Gasteiger partial charge on any atom is 0.338 e. The molecule has 0 aromatic heterocycles. The van der Waals surface area contributed by atoms with Crippen LogP contribution in [-0.4, -0.2) is 38.0 Å². The maximum absolute atomic E-state index is 12.8. The minimum Gasteiger partial charge on any atom is -0.454 e. The van der Waals surface area contributed by atoms with Crippen LogP contribution in [0.2, 0.25) is 0 Å². The van der Waals surface area contributed by atoms with E-state index in [1.165, 1.54) is 12.1 Å². The summed E-state index contributed by atoms with van der Waals surface area (Å²) in [5, 5.41) is 11.0. The van der Waals surface area contributed by atoms with Crippen LogP contribution in [-0.2, 0) is 14.6 Å². The van der Waals surface area contributed by atoms with E-state index in [-0.39, 0.29) is 11.1 Å². The summed E-state index contributed by atoms with van der Waals surface area (Å²) < 4.78 is 40.7. The van der Waals surface area contributed by atoms with Crippen LogP contribution in [0.15, 0.2) is 47.4 Å². The zero-order chi connectivity index (χ0) is 19.5. The first-order valence-electron chi connectivity index (χ1n) is 7.04. The third-order valence-electron chi connectivity index (χ3n) is 3.29. The van der Waals surface area contributed by atoms with Crippen molar-refractivity contribution in [2.24, 2.45) is 0 Å². The first-order chi connectivity index (χ1) is 12.1. The fraction of sp³-hybridized carbons (Fsp3) is 0.125. The van der Waals surface area contributed by atoms with Crippen molar-refractivity contribution in [3.63, 3.8) is 0 Å². The van der Waals surface area contributed by atoms with E-state index in [1.807, 2.05) is 0 Å². The van der Waals surface area contributed by atoms with E-state index < -0.39 is 49.5 Å². The molecular formula is C16H12FNO7S. The lowest BCUT2D eigenvalue weighted by Crippen LogP contribution is -2.15. The second-order valence-electron chi connectivity index (χ2n) is 5.22. The van der Waals surface area contributed by atoms with Crippen LogP contribution in [0, 0.1) is 15.9 Å².